The van der Waals surface area contributed by atoms with Crippen LogP contribution in [0.3, 0.4) is 0 Å². The quantitative estimate of drug-likeness (QED) is 0.630. The van der Waals surface area contributed by atoms with Crippen molar-refractivity contribution in [1.82, 2.24) is 14.5 Å². The van der Waals surface area contributed by atoms with Gasteiger partial charge in [0.05, 0.1) is 12.8 Å². The second kappa shape index (κ2) is 6.98. The zero-order chi connectivity index (χ0) is 15.4. The Morgan fingerprint density at radius 2 is 2.09 bits per heavy atom. The molecule has 3 aromatic rings. The van der Waals surface area contributed by atoms with Crippen molar-refractivity contribution < 1.29 is 4.74 Å². The van der Waals surface area contributed by atoms with E-state index in [1.54, 1.807) is 30.2 Å². The van der Waals surface area contributed by atoms with Crippen molar-refractivity contribution in [3.63, 3.8) is 0 Å². The van der Waals surface area contributed by atoms with Gasteiger partial charge in [-0.1, -0.05) is 11.8 Å². The fourth-order valence-corrected chi connectivity index (χ4v) is 3.90. The van der Waals surface area contributed by atoms with Crippen molar-refractivity contribution >= 4 is 23.1 Å². The summed E-state index contributed by atoms with van der Waals surface area (Å²) < 4.78 is 7.32. The number of ether oxygens (including phenoxy) is 1. The third-order valence-electron chi connectivity index (χ3n) is 3.26. The third-order valence-corrected chi connectivity index (χ3v) is 5.23. The van der Waals surface area contributed by atoms with Gasteiger partial charge >= 0.3 is 0 Å². The Balaban J connectivity index is 1.68. The molecule has 0 saturated heterocycles. The van der Waals surface area contributed by atoms with Crippen LogP contribution in [0.5, 0.6) is 5.75 Å². The summed E-state index contributed by atoms with van der Waals surface area (Å²) >= 11 is 3.39. The van der Waals surface area contributed by atoms with E-state index in [0.29, 0.717) is 0 Å². The second-order valence-electron chi connectivity index (χ2n) is 4.66. The summed E-state index contributed by atoms with van der Waals surface area (Å²) in [4.78, 5) is 9.08. The van der Waals surface area contributed by atoms with Crippen LogP contribution in [-0.2, 0) is 12.3 Å². The van der Waals surface area contributed by atoms with E-state index >= 15 is 0 Å². The first-order valence-corrected chi connectivity index (χ1v) is 8.89. The molecule has 6 heteroatoms. The predicted molar refractivity (Wildman–Crippen MR) is 91.6 cm³/mol. The van der Waals surface area contributed by atoms with Gasteiger partial charge in [-0.25, -0.2) is 9.97 Å². The molecule has 3 rings (SSSR count). The number of methoxy groups -OCH3 is 1. The minimum absolute atomic E-state index is 0.837. The summed E-state index contributed by atoms with van der Waals surface area (Å²) in [5.74, 6) is 1.70. The highest BCUT2D eigenvalue weighted by Gasteiger charge is 2.08. The Hall–Kier alpha value is -1.79. The Morgan fingerprint density at radius 1 is 1.27 bits per heavy atom. The van der Waals surface area contributed by atoms with Crippen LogP contribution in [-0.4, -0.2) is 21.6 Å². The topological polar surface area (TPSA) is 39.9 Å². The van der Waals surface area contributed by atoms with Crippen molar-refractivity contribution in [1.29, 1.82) is 0 Å². The maximum Gasteiger partial charge on any atom is 0.168 e. The number of aryl methyl sites for hydroxylation is 1. The molecule has 0 amide bonds. The lowest BCUT2D eigenvalue weighted by Gasteiger charge is -2.02. The van der Waals surface area contributed by atoms with E-state index in [4.69, 9.17) is 9.72 Å². The fourth-order valence-electron chi connectivity index (χ4n) is 2.05. The van der Waals surface area contributed by atoms with Crippen LogP contribution in [0, 0.1) is 0 Å². The summed E-state index contributed by atoms with van der Waals surface area (Å²) in [6.45, 7) is 3.06. The SMILES string of the molecule is CCn1ccnc1SCc1csc(-c2ccc(OC)cc2)n1. The van der Waals surface area contributed by atoms with Crippen LogP contribution < -0.4 is 4.74 Å². The molecule has 0 N–H and O–H groups in total. The van der Waals surface area contributed by atoms with Crippen molar-refractivity contribution in [3.8, 4) is 16.3 Å². The smallest absolute Gasteiger partial charge is 0.168 e. The van der Waals surface area contributed by atoms with Gasteiger partial charge in [-0.2, -0.15) is 0 Å². The number of aromatic nitrogens is 3. The van der Waals surface area contributed by atoms with Gasteiger partial charge in [0, 0.05) is 35.6 Å². The van der Waals surface area contributed by atoms with Crippen LogP contribution in [0.25, 0.3) is 10.6 Å². The molecule has 114 valence electrons. The lowest BCUT2D eigenvalue weighted by molar-refractivity contribution is 0.415. The number of benzene rings is 1. The minimum atomic E-state index is 0.837. The van der Waals surface area contributed by atoms with Crippen molar-refractivity contribution in [2.75, 3.05) is 7.11 Å². The molecule has 1 aromatic carbocycles. The first-order valence-electron chi connectivity index (χ1n) is 7.03. The highest BCUT2D eigenvalue weighted by Crippen LogP contribution is 2.28. The van der Waals surface area contributed by atoms with E-state index in [9.17, 15) is 0 Å². The highest BCUT2D eigenvalue weighted by atomic mass is 32.2. The monoisotopic (exact) mass is 331 g/mol. The molecule has 0 bridgehead atoms. The molecule has 2 heterocycles. The van der Waals surface area contributed by atoms with E-state index in [1.807, 2.05) is 36.7 Å². The maximum atomic E-state index is 5.18. The molecule has 4 nitrogen and oxygen atoms in total. The van der Waals surface area contributed by atoms with Crippen LogP contribution in [0.1, 0.15) is 12.6 Å². The van der Waals surface area contributed by atoms with Crippen molar-refractivity contribution in [2.24, 2.45) is 0 Å². The lowest BCUT2D eigenvalue weighted by Crippen LogP contribution is -1.94. The molecule has 22 heavy (non-hydrogen) atoms. The van der Waals surface area contributed by atoms with Crippen LogP contribution in [0.2, 0.25) is 0 Å². The van der Waals surface area contributed by atoms with E-state index in [0.717, 1.165) is 39.5 Å². The molecule has 0 spiro atoms. The molecule has 0 fully saturated rings. The zero-order valence-corrected chi connectivity index (χ0v) is 14.2. The molecule has 0 radical (unpaired) electrons. The fraction of sp³-hybridized carbons (Fsp3) is 0.250. The number of nitrogens with zero attached hydrogens (tertiary/aromatic N) is 3. The molecule has 2 aromatic heterocycles. The highest BCUT2D eigenvalue weighted by molar-refractivity contribution is 7.98. The van der Waals surface area contributed by atoms with E-state index in [-0.39, 0.29) is 0 Å². The number of thioether (sulfide) groups is 1. The summed E-state index contributed by atoms with van der Waals surface area (Å²) in [7, 11) is 1.67. The molecular formula is C16H17N3OS2. The van der Waals surface area contributed by atoms with Gasteiger partial charge < -0.3 is 9.30 Å². The molecule has 0 atom stereocenters. The number of hydrogen-bond donors (Lipinski definition) is 0. The van der Waals surface area contributed by atoms with Crippen LogP contribution in [0.4, 0.5) is 0 Å². The first kappa shape index (κ1) is 15.1. The maximum absolute atomic E-state index is 5.18. The van der Waals surface area contributed by atoms with Crippen LogP contribution >= 0.6 is 23.1 Å². The minimum Gasteiger partial charge on any atom is -0.497 e. The van der Waals surface area contributed by atoms with Gasteiger partial charge in [-0.05, 0) is 31.2 Å². The van der Waals surface area contributed by atoms with Gasteiger partial charge in [0.25, 0.3) is 0 Å². The van der Waals surface area contributed by atoms with Gasteiger partial charge in [-0.3, -0.25) is 0 Å². The number of thiazole rings is 1. The van der Waals surface area contributed by atoms with E-state index in [1.165, 1.54) is 0 Å². The van der Waals surface area contributed by atoms with E-state index in [2.05, 4.69) is 21.9 Å². The molecule has 0 unspecified atom stereocenters. The number of hydrogen-bond acceptors (Lipinski definition) is 5. The lowest BCUT2D eigenvalue weighted by atomic mass is 10.2. The number of rotatable bonds is 6. The van der Waals surface area contributed by atoms with Gasteiger partial charge in [0.2, 0.25) is 0 Å². The van der Waals surface area contributed by atoms with Crippen LogP contribution in [0.15, 0.2) is 47.2 Å². The Kier molecular flexibility index (Phi) is 4.80. The Bertz CT molecular complexity index is 734. The molecule has 0 aliphatic carbocycles. The predicted octanol–water partition coefficient (Wildman–Crippen LogP) is 4.33. The van der Waals surface area contributed by atoms with Crippen molar-refractivity contribution in [3.05, 3.63) is 47.7 Å². The summed E-state index contributed by atoms with van der Waals surface area (Å²) in [6.07, 6.45) is 3.85. The molecular weight excluding hydrogens is 314 g/mol. The van der Waals surface area contributed by atoms with Gasteiger partial charge in [-0.15, -0.1) is 11.3 Å². The average molecular weight is 331 g/mol. The number of imidazole rings is 1. The van der Waals surface area contributed by atoms with Crippen molar-refractivity contribution in [2.45, 2.75) is 24.4 Å². The summed E-state index contributed by atoms with van der Waals surface area (Å²) in [5.41, 5.74) is 2.21. The molecule has 0 aliphatic heterocycles. The zero-order valence-electron chi connectivity index (χ0n) is 12.5. The normalized spacial score (nSPS) is 10.8. The molecule has 0 aliphatic rings. The van der Waals surface area contributed by atoms with Gasteiger partial charge in [0.1, 0.15) is 10.8 Å². The Labute approximate surface area is 138 Å². The third kappa shape index (κ3) is 3.34. The summed E-state index contributed by atoms with van der Waals surface area (Å²) in [5, 5.41) is 4.20. The molecule has 0 saturated carbocycles. The Morgan fingerprint density at radius 3 is 2.82 bits per heavy atom. The second-order valence-corrected chi connectivity index (χ2v) is 6.46. The largest absolute Gasteiger partial charge is 0.497 e. The average Bonchev–Trinajstić information content (AvgIpc) is 3.21. The first-order chi connectivity index (χ1) is 10.8. The standard InChI is InChI=1S/C16H17N3OS2/c1-3-19-9-8-17-16(19)22-11-13-10-21-15(18-13)12-4-6-14(20-2)7-5-12/h4-10H,3,11H2,1-2H3. The van der Waals surface area contributed by atoms with E-state index < -0.39 is 0 Å². The summed E-state index contributed by atoms with van der Waals surface area (Å²) in [6, 6.07) is 8.00. The van der Waals surface area contributed by atoms with Gasteiger partial charge in [0.15, 0.2) is 5.16 Å².